The molecule has 0 radical (unpaired) electrons. The van der Waals surface area contributed by atoms with Crippen LogP contribution in [0, 0.1) is 5.92 Å². The van der Waals surface area contributed by atoms with E-state index in [1.807, 2.05) is 6.07 Å². The van der Waals surface area contributed by atoms with Crippen molar-refractivity contribution in [3.8, 4) is 0 Å². The highest BCUT2D eigenvalue weighted by atomic mass is 16.1. The molecule has 1 saturated heterocycles. The van der Waals surface area contributed by atoms with E-state index in [2.05, 4.69) is 51.6 Å². The maximum Gasteiger partial charge on any atom is 0.269 e. The topological polar surface area (TPSA) is 84.1 Å². The number of anilines is 1. The Labute approximate surface area is 135 Å². The molecule has 2 aromatic rings. The van der Waals surface area contributed by atoms with E-state index >= 15 is 0 Å². The lowest BCUT2D eigenvalue weighted by atomic mass is 10.1. The number of nitrogens with two attached hydrogens (primary N) is 1. The zero-order chi connectivity index (χ0) is 16.2. The first-order valence-electron chi connectivity index (χ1n) is 7.78. The van der Waals surface area contributed by atoms with Gasteiger partial charge in [-0.15, -0.1) is 10.2 Å². The summed E-state index contributed by atoms with van der Waals surface area (Å²) in [6.07, 6.45) is 0. The standard InChI is InChI=1S/C17H21N5O/c1-12-9-22(10-13-5-3-2-4-6-13)11-15(12)19-16-8-7-14(17(18)23)20-21-16/h2-8,12,15H,9-11H2,1H3,(H2,18,23)(H,19,21). The lowest BCUT2D eigenvalue weighted by Gasteiger charge is -2.17. The molecule has 1 aromatic heterocycles. The van der Waals surface area contributed by atoms with Gasteiger partial charge in [-0.3, -0.25) is 9.69 Å². The van der Waals surface area contributed by atoms with Gasteiger partial charge in [0.05, 0.1) is 0 Å². The third-order valence-corrected chi connectivity index (χ3v) is 4.19. The van der Waals surface area contributed by atoms with Crippen LogP contribution >= 0.6 is 0 Å². The van der Waals surface area contributed by atoms with Crippen LogP contribution in [0.1, 0.15) is 23.0 Å². The Morgan fingerprint density at radius 1 is 1.22 bits per heavy atom. The summed E-state index contributed by atoms with van der Waals surface area (Å²) in [5, 5.41) is 11.3. The lowest BCUT2D eigenvalue weighted by molar-refractivity contribution is 0.0994. The van der Waals surface area contributed by atoms with Crippen molar-refractivity contribution >= 4 is 11.7 Å². The molecule has 0 aliphatic carbocycles. The summed E-state index contributed by atoms with van der Waals surface area (Å²) in [6.45, 7) is 5.18. The molecule has 2 heterocycles. The van der Waals surface area contributed by atoms with E-state index in [0.29, 0.717) is 17.8 Å². The number of aromatic nitrogens is 2. The Kier molecular flexibility index (Phi) is 4.52. The number of nitrogens with one attached hydrogen (secondary N) is 1. The van der Waals surface area contributed by atoms with E-state index in [0.717, 1.165) is 19.6 Å². The Balaban J connectivity index is 1.59. The summed E-state index contributed by atoms with van der Waals surface area (Å²) in [5.41, 5.74) is 6.68. The van der Waals surface area contributed by atoms with Crippen LogP contribution in [0.3, 0.4) is 0 Å². The average molecular weight is 311 g/mol. The van der Waals surface area contributed by atoms with Crippen molar-refractivity contribution in [2.24, 2.45) is 11.7 Å². The largest absolute Gasteiger partial charge is 0.364 e. The quantitative estimate of drug-likeness (QED) is 0.874. The van der Waals surface area contributed by atoms with Gasteiger partial charge in [0.15, 0.2) is 5.69 Å². The van der Waals surface area contributed by atoms with Gasteiger partial charge in [-0.1, -0.05) is 37.3 Å². The fraction of sp³-hybridized carbons (Fsp3) is 0.353. The molecular formula is C17H21N5O. The third kappa shape index (κ3) is 3.84. The fourth-order valence-corrected chi connectivity index (χ4v) is 2.96. The monoisotopic (exact) mass is 311 g/mol. The minimum Gasteiger partial charge on any atom is -0.364 e. The predicted molar refractivity (Wildman–Crippen MR) is 88.8 cm³/mol. The maximum atomic E-state index is 11.0. The Hall–Kier alpha value is -2.47. The molecule has 1 fully saturated rings. The fourth-order valence-electron chi connectivity index (χ4n) is 2.96. The van der Waals surface area contributed by atoms with Crippen LogP contribution in [0.4, 0.5) is 5.82 Å². The second-order valence-corrected chi connectivity index (χ2v) is 6.08. The molecule has 1 aliphatic heterocycles. The molecule has 1 amide bonds. The van der Waals surface area contributed by atoms with Crippen molar-refractivity contribution < 1.29 is 4.79 Å². The number of nitrogens with zero attached hydrogens (tertiary/aromatic N) is 3. The van der Waals surface area contributed by atoms with E-state index in [4.69, 9.17) is 5.73 Å². The van der Waals surface area contributed by atoms with Gasteiger partial charge in [0, 0.05) is 25.7 Å². The first kappa shape index (κ1) is 15.4. The third-order valence-electron chi connectivity index (χ3n) is 4.19. The molecule has 2 unspecified atom stereocenters. The van der Waals surface area contributed by atoms with E-state index in [9.17, 15) is 4.79 Å². The lowest BCUT2D eigenvalue weighted by Crippen LogP contribution is -2.28. The van der Waals surface area contributed by atoms with Crippen molar-refractivity contribution in [1.82, 2.24) is 15.1 Å². The van der Waals surface area contributed by atoms with Crippen molar-refractivity contribution in [2.75, 3.05) is 18.4 Å². The summed E-state index contributed by atoms with van der Waals surface area (Å²) >= 11 is 0. The van der Waals surface area contributed by atoms with E-state index in [1.54, 1.807) is 12.1 Å². The molecule has 2 atom stereocenters. The Bertz CT molecular complexity index is 658. The number of benzene rings is 1. The highest BCUT2D eigenvalue weighted by molar-refractivity contribution is 5.90. The minimum absolute atomic E-state index is 0.181. The van der Waals surface area contributed by atoms with E-state index < -0.39 is 5.91 Å². The molecule has 0 bridgehead atoms. The molecule has 1 aliphatic rings. The van der Waals surface area contributed by atoms with Gasteiger partial charge in [0.1, 0.15) is 5.82 Å². The molecule has 3 N–H and O–H groups in total. The number of likely N-dealkylation sites (tertiary alicyclic amines) is 1. The highest BCUT2D eigenvalue weighted by Gasteiger charge is 2.29. The van der Waals surface area contributed by atoms with Crippen molar-refractivity contribution in [3.05, 3.63) is 53.7 Å². The predicted octanol–water partition coefficient (Wildman–Crippen LogP) is 1.51. The first-order chi connectivity index (χ1) is 11.1. The summed E-state index contributed by atoms with van der Waals surface area (Å²) in [7, 11) is 0. The molecule has 6 heteroatoms. The van der Waals surface area contributed by atoms with Crippen LogP contribution in [0.15, 0.2) is 42.5 Å². The molecule has 0 saturated carbocycles. The number of primary amides is 1. The second kappa shape index (κ2) is 6.75. The second-order valence-electron chi connectivity index (χ2n) is 6.08. The Morgan fingerprint density at radius 3 is 2.65 bits per heavy atom. The highest BCUT2D eigenvalue weighted by Crippen LogP contribution is 2.21. The zero-order valence-electron chi connectivity index (χ0n) is 13.1. The summed E-state index contributed by atoms with van der Waals surface area (Å²) in [6, 6.07) is 14.1. The van der Waals surface area contributed by atoms with Crippen molar-refractivity contribution in [1.29, 1.82) is 0 Å². The summed E-state index contributed by atoms with van der Waals surface area (Å²) in [4.78, 5) is 13.5. The van der Waals surface area contributed by atoms with Gasteiger partial charge in [-0.05, 0) is 23.6 Å². The number of carbonyl (C=O) groups is 1. The van der Waals surface area contributed by atoms with Crippen LogP contribution in [0.25, 0.3) is 0 Å². The number of hydrogen-bond acceptors (Lipinski definition) is 5. The number of rotatable bonds is 5. The van der Waals surface area contributed by atoms with Gasteiger partial charge in [0.2, 0.25) is 0 Å². The van der Waals surface area contributed by atoms with Crippen LogP contribution in [0.5, 0.6) is 0 Å². The summed E-state index contributed by atoms with van der Waals surface area (Å²) < 4.78 is 0. The smallest absolute Gasteiger partial charge is 0.269 e. The molecule has 23 heavy (non-hydrogen) atoms. The van der Waals surface area contributed by atoms with Gasteiger partial charge < -0.3 is 11.1 Å². The van der Waals surface area contributed by atoms with Gasteiger partial charge in [-0.2, -0.15) is 0 Å². The van der Waals surface area contributed by atoms with E-state index in [-0.39, 0.29) is 5.69 Å². The molecule has 1 aromatic carbocycles. The van der Waals surface area contributed by atoms with Crippen LogP contribution in [0.2, 0.25) is 0 Å². The molecular weight excluding hydrogens is 290 g/mol. The SMILES string of the molecule is CC1CN(Cc2ccccc2)CC1Nc1ccc(C(N)=O)nn1. The summed E-state index contributed by atoms with van der Waals surface area (Å²) in [5.74, 6) is 0.622. The maximum absolute atomic E-state index is 11.0. The number of amides is 1. The van der Waals surface area contributed by atoms with Crippen LogP contribution < -0.4 is 11.1 Å². The van der Waals surface area contributed by atoms with Crippen LogP contribution in [-0.2, 0) is 6.54 Å². The molecule has 120 valence electrons. The first-order valence-corrected chi connectivity index (χ1v) is 7.78. The normalized spacial score (nSPS) is 21.3. The van der Waals surface area contributed by atoms with Gasteiger partial charge in [0.25, 0.3) is 5.91 Å². The van der Waals surface area contributed by atoms with Gasteiger partial charge in [-0.25, -0.2) is 0 Å². The van der Waals surface area contributed by atoms with E-state index in [1.165, 1.54) is 5.56 Å². The van der Waals surface area contributed by atoms with Crippen molar-refractivity contribution in [3.63, 3.8) is 0 Å². The molecule has 0 spiro atoms. The van der Waals surface area contributed by atoms with Crippen molar-refractivity contribution in [2.45, 2.75) is 19.5 Å². The minimum atomic E-state index is -0.563. The zero-order valence-corrected chi connectivity index (χ0v) is 13.1. The van der Waals surface area contributed by atoms with Crippen LogP contribution in [-0.4, -0.2) is 40.1 Å². The van der Waals surface area contributed by atoms with Gasteiger partial charge >= 0.3 is 0 Å². The number of carbonyl (C=O) groups excluding carboxylic acids is 1. The molecule has 3 rings (SSSR count). The number of hydrogen-bond donors (Lipinski definition) is 2. The Morgan fingerprint density at radius 2 is 2.00 bits per heavy atom. The average Bonchev–Trinajstić information content (AvgIpc) is 2.88. The molecule has 6 nitrogen and oxygen atoms in total.